The first-order valence-corrected chi connectivity index (χ1v) is 11.4. The predicted octanol–water partition coefficient (Wildman–Crippen LogP) is 2.67. The van der Waals surface area contributed by atoms with Crippen molar-refractivity contribution in [3.05, 3.63) is 34.6 Å². The fourth-order valence-corrected chi connectivity index (χ4v) is 4.98. The summed E-state index contributed by atoms with van der Waals surface area (Å²) in [6.45, 7) is 7.38. The second-order valence-electron chi connectivity index (χ2n) is 9.13. The van der Waals surface area contributed by atoms with Crippen molar-refractivity contribution in [2.75, 3.05) is 50.8 Å². The lowest BCUT2D eigenvalue weighted by Gasteiger charge is -2.40. The Bertz CT molecular complexity index is 1090. The number of carbonyl (C=O) groups is 1. The number of aromatic nitrogens is 1. The van der Waals surface area contributed by atoms with Crippen molar-refractivity contribution in [1.82, 2.24) is 15.2 Å². The fraction of sp³-hybridized carbons (Fsp3) is 0.478. The van der Waals surface area contributed by atoms with Crippen LogP contribution in [0.3, 0.4) is 0 Å². The number of anilines is 1. The molecule has 2 N–H and O–H groups in total. The number of pyridine rings is 1. The molecule has 3 aliphatic rings. The molecule has 33 heavy (non-hydrogen) atoms. The molecular formula is C23H26ClFN4O4. The van der Waals surface area contributed by atoms with E-state index in [1.54, 1.807) is 4.90 Å². The summed E-state index contributed by atoms with van der Waals surface area (Å²) < 4.78 is 26.8. The highest BCUT2D eigenvalue weighted by molar-refractivity contribution is 6.35. The van der Waals surface area contributed by atoms with E-state index >= 15 is 0 Å². The van der Waals surface area contributed by atoms with Crippen LogP contribution in [0.5, 0.6) is 11.5 Å². The molecule has 5 rings (SSSR count). The minimum Gasteiger partial charge on any atom is -0.507 e. The van der Waals surface area contributed by atoms with Gasteiger partial charge in [-0.2, -0.15) is 0 Å². The van der Waals surface area contributed by atoms with Crippen molar-refractivity contribution in [3.8, 4) is 22.8 Å². The maximum atomic E-state index is 14.8. The number of hydrogen-bond acceptors (Lipinski definition) is 7. The summed E-state index contributed by atoms with van der Waals surface area (Å²) in [5.41, 5.74) is -0.296. The first-order chi connectivity index (χ1) is 15.8. The number of hydrogen-bond donors (Lipinski definition) is 2. The third-order valence-electron chi connectivity index (χ3n) is 6.27. The van der Waals surface area contributed by atoms with Gasteiger partial charge in [-0.15, -0.1) is 0 Å². The third-order valence-corrected chi connectivity index (χ3v) is 6.62. The fourth-order valence-electron chi connectivity index (χ4n) is 4.70. The van der Waals surface area contributed by atoms with Crippen molar-refractivity contribution in [2.45, 2.75) is 25.5 Å². The zero-order chi connectivity index (χ0) is 23.3. The van der Waals surface area contributed by atoms with Crippen LogP contribution in [0.25, 0.3) is 11.3 Å². The van der Waals surface area contributed by atoms with Crippen LogP contribution in [0, 0.1) is 5.82 Å². The molecule has 4 heterocycles. The highest BCUT2D eigenvalue weighted by atomic mass is 35.5. The Hall–Kier alpha value is -2.62. The van der Waals surface area contributed by atoms with Crippen LogP contribution in [0.2, 0.25) is 5.02 Å². The molecule has 10 heteroatoms. The predicted molar refractivity (Wildman–Crippen MR) is 122 cm³/mol. The summed E-state index contributed by atoms with van der Waals surface area (Å²) in [6, 6.07) is 3.85. The van der Waals surface area contributed by atoms with E-state index in [4.69, 9.17) is 26.1 Å². The van der Waals surface area contributed by atoms with Gasteiger partial charge in [-0.25, -0.2) is 9.37 Å². The second-order valence-corrected chi connectivity index (χ2v) is 9.51. The maximum absolute atomic E-state index is 14.8. The normalized spacial score (nSPS) is 22.3. The molecule has 1 aromatic heterocycles. The van der Waals surface area contributed by atoms with E-state index in [2.05, 4.69) is 5.32 Å². The Morgan fingerprint density at radius 3 is 2.88 bits per heavy atom. The SMILES string of the molecule is CC1(C)CN(c2nc(-c3c(O)cccc3F)c(Cl)c3c2C(=O)N2CCNC[C@@H]2CO3)CCO1. The summed E-state index contributed by atoms with van der Waals surface area (Å²) in [5.74, 6) is -0.652. The molecule has 3 aliphatic heterocycles. The molecule has 0 spiro atoms. The number of halogens is 2. The lowest BCUT2D eigenvalue weighted by Crippen LogP contribution is -2.55. The number of amides is 1. The molecule has 1 aromatic carbocycles. The van der Waals surface area contributed by atoms with Crippen LogP contribution in [0.15, 0.2) is 18.2 Å². The van der Waals surface area contributed by atoms with Gasteiger partial charge < -0.3 is 29.7 Å². The van der Waals surface area contributed by atoms with Crippen molar-refractivity contribution < 1.29 is 23.8 Å². The number of fused-ring (bicyclic) bond motifs is 2. The quantitative estimate of drug-likeness (QED) is 0.689. The van der Waals surface area contributed by atoms with Crippen molar-refractivity contribution in [2.24, 2.45) is 0 Å². The van der Waals surface area contributed by atoms with E-state index in [1.807, 2.05) is 18.7 Å². The molecule has 176 valence electrons. The molecule has 2 fully saturated rings. The van der Waals surface area contributed by atoms with Crippen LogP contribution >= 0.6 is 11.6 Å². The van der Waals surface area contributed by atoms with Crippen LogP contribution in [0.4, 0.5) is 10.2 Å². The average molecular weight is 477 g/mol. The first kappa shape index (κ1) is 22.2. The largest absolute Gasteiger partial charge is 0.507 e. The van der Waals surface area contributed by atoms with Gasteiger partial charge in [0.1, 0.15) is 40.3 Å². The number of morpholine rings is 1. The number of benzene rings is 1. The minimum atomic E-state index is -0.667. The van der Waals surface area contributed by atoms with Crippen LogP contribution in [-0.4, -0.2) is 78.5 Å². The van der Waals surface area contributed by atoms with E-state index in [1.165, 1.54) is 18.2 Å². The van der Waals surface area contributed by atoms with Crippen molar-refractivity contribution >= 4 is 23.3 Å². The molecule has 1 amide bonds. The molecule has 0 bridgehead atoms. The van der Waals surface area contributed by atoms with Crippen LogP contribution in [0.1, 0.15) is 24.2 Å². The highest BCUT2D eigenvalue weighted by Crippen LogP contribution is 2.46. The molecule has 0 radical (unpaired) electrons. The summed E-state index contributed by atoms with van der Waals surface area (Å²) in [7, 11) is 0. The number of aromatic hydroxyl groups is 1. The second kappa shape index (κ2) is 8.30. The smallest absolute Gasteiger partial charge is 0.261 e. The number of carbonyl (C=O) groups excluding carboxylic acids is 1. The number of phenols is 1. The molecular weight excluding hydrogens is 451 g/mol. The van der Waals surface area contributed by atoms with Gasteiger partial charge in [-0.05, 0) is 26.0 Å². The van der Waals surface area contributed by atoms with Gasteiger partial charge >= 0.3 is 0 Å². The molecule has 0 aliphatic carbocycles. The monoisotopic (exact) mass is 476 g/mol. The number of piperazine rings is 1. The average Bonchev–Trinajstić information content (AvgIpc) is 2.92. The van der Waals surface area contributed by atoms with Crippen molar-refractivity contribution in [1.29, 1.82) is 0 Å². The lowest BCUT2D eigenvalue weighted by molar-refractivity contribution is -0.0279. The molecule has 0 saturated carbocycles. The van der Waals surface area contributed by atoms with Crippen molar-refractivity contribution in [3.63, 3.8) is 0 Å². The summed E-state index contributed by atoms with van der Waals surface area (Å²) in [4.78, 5) is 22.2. The molecule has 2 aromatic rings. The standard InChI is InChI=1S/C23H26ClFN4O4/c1-23(2)12-28(8-9-33-23)21-17-20(32-11-13-10-26-6-7-29(13)22(17)31)18(24)19(27-21)16-14(25)4-3-5-15(16)30/h3-5,13,26,30H,6-12H2,1-2H3/t13-/m1/s1. The van der Waals surface area contributed by atoms with Gasteiger partial charge in [0.2, 0.25) is 0 Å². The van der Waals surface area contributed by atoms with Gasteiger partial charge in [-0.1, -0.05) is 17.7 Å². The Kier molecular flexibility index (Phi) is 5.58. The van der Waals surface area contributed by atoms with Crippen LogP contribution in [-0.2, 0) is 4.74 Å². The highest BCUT2D eigenvalue weighted by Gasteiger charge is 2.40. The number of nitrogens with one attached hydrogen (secondary N) is 1. The number of phenolic OH excluding ortho intramolecular Hbond substituents is 1. The maximum Gasteiger partial charge on any atom is 0.261 e. The van der Waals surface area contributed by atoms with E-state index in [0.717, 1.165) is 0 Å². The Morgan fingerprint density at radius 2 is 2.12 bits per heavy atom. The zero-order valence-electron chi connectivity index (χ0n) is 18.5. The number of rotatable bonds is 2. The van der Waals surface area contributed by atoms with E-state index < -0.39 is 11.4 Å². The van der Waals surface area contributed by atoms with Gasteiger partial charge in [0.15, 0.2) is 5.75 Å². The molecule has 0 unspecified atom stereocenters. The Morgan fingerprint density at radius 1 is 1.30 bits per heavy atom. The Balaban J connectivity index is 1.74. The summed E-state index contributed by atoms with van der Waals surface area (Å²) in [6.07, 6.45) is 0. The molecule has 8 nitrogen and oxygen atoms in total. The topological polar surface area (TPSA) is 87.2 Å². The van der Waals surface area contributed by atoms with Gasteiger partial charge in [-0.3, -0.25) is 4.79 Å². The summed E-state index contributed by atoms with van der Waals surface area (Å²) in [5, 5.41) is 13.7. The van der Waals surface area contributed by atoms with Crippen LogP contribution < -0.4 is 15.0 Å². The number of nitrogens with zero attached hydrogens (tertiary/aromatic N) is 3. The van der Waals surface area contributed by atoms with Gasteiger partial charge in [0, 0.05) is 32.7 Å². The van der Waals surface area contributed by atoms with Gasteiger partial charge in [0.05, 0.1) is 23.8 Å². The minimum absolute atomic E-state index is 0.00262. The zero-order valence-corrected chi connectivity index (χ0v) is 19.3. The van der Waals surface area contributed by atoms with E-state index in [0.29, 0.717) is 45.1 Å². The number of ether oxygens (including phenoxy) is 2. The first-order valence-electron chi connectivity index (χ1n) is 11.0. The van der Waals surface area contributed by atoms with E-state index in [-0.39, 0.29) is 51.9 Å². The summed E-state index contributed by atoms with van der Waals surface area (Å²) >= 11 is 6.71. The van der Waals surface area contributed by atoms with E-state index in [9.17, 15) is 14.3 Å². The lowest BCUT2D eigenvalue weighted by atomic mass is 10.0. The third kappa shape index (κ3) is 3.88. The molecule has 2 saturated heterocycles. The molecule has 1 atom stereocenters. The Labute approximate surface area is 196 Å². The van der Waals surface area contributed by atoms with Gasteiger partial charge in [0.25, 0.3) is 5.91 Å².